The number of thiophene rings is 1. The summed E-state index contributed by atoms with van der Waals surface area (Å²) < 4.78 is 7.80. The van der Waals surface area contributed by atoms with Crippen LogP contribution in [0.1, 0.15) is 40.6 Å². The molecule has 0 atom stereocenters. The number of nitrogens with one attached hydrogen (secondary N) is 1. The Labute approximate surface area is 185 Å². The molecule has 160 valence electrons. The van der Waals surface area contributed by atoms with E-state index in [1.54, 1.807) is 6.07 Å². The minimum Gasteiger partial charge on any atom is -0.494 e. The molecule has 4 aromatic rings. The Balaban J connectivity index is 1.45. The maximum atomic E-state index is 11.3. The van der Waals surface area contributed by atoms with Gasteiger partial charge in [0.05, 0.1) is 12.1 Å². The van der Waals surface area contributed by atoms with Crippen LogP contribution < -0.4 is 10.1 Å². The number of unbranched alkanes of at least 4 members (excludes halogenated alkanes) is 1. The lowest BCUT2D eigenvalue weighted by Gasteiger charge is -2.07. The molecular formula is C25H26N2O3S. The van der Waals surface area contributed by atoms with Crippen molar-refractivity contribution in [2.45, 2.75) is 32.9 Å². The molecule has 2 aromatic carbocycles. The lowest BCUT2D eigenvalue weighted by Crippen LogP contribution is -2.12. The molecule has 0 saturated carbocycles. The number of ether oxygens (including phenoxy) is 1. The highest BCUT2D eigenvalue weighted by atomic mass is 32.1. The second-order valence-electron chi connectivity index (χ2n) is 7.43. The molecule has 0 amide bonds. The third-order valence-electron chi connectivity index (χ3n) is 5.17. The summed E-state index contributed by atoms with van der Waals surface area (Å²) in [6.07, 6.45) is 4.30. The summed E-state index contributed by atoms with van der Waals surface area (Å²) >= 11 is 1.28. The highest BCUT2D eigenvalue weighted by Gasteiger charge is 2.13. The minimum absolute atomic E-state index is 0.342. The van der Waals surface area contributed by atoms with Crippen molar-refractivity contribution in [3.05, 3.63) is 82.9 Å². The predicted octanol–water partition coefficient (Wildman–Crippen LogP) is 5.86. The van der Waals surface area contributed by atoms with Crippen molar-refractivity contribution in [3.63, 3.8) is 0 Å². The fourth-order valence-corrected chi connectivity index (χ4v) is 4.36. The topological polar surface area (TPSA) is 63.5 Å². The van der Waals surface area contributed by atoms with Gasteiger partial charge in [0.25, 0.3) is 0 Å². The van der Waals surface area contributed by atoms with Crippen molar-refractivity contribution < 1.29 is 14.6 Å². The van der Waals surface area contributed by atoms with E-state index in [9.17, 15) is 9.90 Å². The largest absolute Gasteiger partial charge is 0.494 e. The van der Waals surface area contributed by atoms with Crippen LogP contribution in [-0.4, -0.2) is 22.2 Å². The second kappa shape index (κ2) is 9.81. The smallest absolute Gasteiger partial charge is 0.345 e. The van der Waals surface area contributed by atoms with Crippen molar-refractivity contribution >= 4 is 28.2 Å². The number of benzene rings is 2. The quantitative estimate of drug-likeness (QED) is 0.307. The first-order chi connectivity index (χ1) is 15.2. The van der Waals surface area contributed by atoms with E-state index in [1.165, 1.54) is 27.8 Å². The van der Waals surface area contributed by atoms with Gasteiger partial charge in [0.15, 0.2) is 0 Å². The van der Waals surface area contributed by atoms with Crippen LogP contribution in [0.15, 0.2) is 66.9 Å². The van der Waals surface area contributed by atoms with Crippen molar-refractivity contribution in [3.8, 4) is 10.8 Å². The molecule has 2 heterocycles. The first kappa shape index (κ1) is 21.2. The summed E-state index contributed by atoms with van der Waals surface area (Å²) in [6.45, 7) is 4.40. The lowest BCUT2D eigenvalue weighted by molar-refractivity contribution is 0.0702. The van der Waals surface area contributed by atoms with Crippen LogP contribution in [0, 0.1) is 0 Å². The molecule has 0 unspecified atom stereocenters. The predicted molar refractivity (Wildman–Crippen MR) is 126 cm³/mol. The SMILES string of the molecule is CCCCOc1ccc(CNCc2cn(-c3ccc(C(=O)O)s3)c3ccccc23)cc1. The molecule has 0 radical (unpaired) electrons. The number of aromatic nitrogens is 1. The molecule has 0 bridgehead atoms. The molecule has 0 saturated heterocycles. The van der Waals surface area contributed by atoms with E-state index in [4.69, 9.17) is 4.74 Å². The van der Waals surface area contributed by atoms with Gasteiger partial charge in [-0.05, 0) is 47.9 Å². The number of aromatic carboxylic acids is 1. The standard InChI is InChI=1S/C25H26N2O3S/c1-2-3-14-30-20-10-8-18(9-11-20)15-26-16-19-17-27(22-7-5-4-6-21(19)22)24-13-12-23(31-24)25(28)29/h4-13,17,26H,2-3,14-16H2,1H3,(H,28,29). The van der Waals surface area contributed by atoms with Crippen molar-refractivity contribution in [1.29, 1.82) is 0 Å². The lowest BCUT2D eigenvalue weighted by atomic mass is 10.1. The van der Waals surface area contributed by atoms with Crippen LogP contribution in [0.2, 0.25) is 0 Å². The molecule has 31 heavy (non-hydrogen) atoms. The normalized spacial score (nSPS) is 11.1. The van der Waals surface area contributed by atoms with Gasteiger partial charge in [-0.15, -0.1) is 11.3 Å². The third-order valence-corrected chi connectivity index (χ3v) is 6.24. The van der Waals surface area contributed by atoms with Gasteiger partial charge >= 0.3 is 5.97 Å². The summed E-state index contributed by atoms with van der Waals surface area (Å²) in [4.78, 5) is 11.6. The molecule has 0 fully saturated rings. The summed E-state index contributed by atoms with van der Waals surface area (Å²) in [6, 6.07) is 20.0. The Kier molecular flexibility index (Phi) is 6.70. The van der Waals surface area contributed by atoms with E-state index in [0.717, 1.165) is 48.8 Å². The molecule has 0 spiro atoms. The highest BCUT2D eigenvalue weighted by molar-refractivity contribution is 7.16. The Morgan fingerprint density at radius 1 is 1.06 bits per heavy atom. The second-order valence-corrected chi connectivity index (χ2v) is 8.50. The Morgan fingerprint density at radius 3 is 2.61 bits per heavy atom. The fraction of sp³-hybridized carbons (Fsp3) is 0.240. The van der Waals surface area contributed by atoms with Gasteiger partial charge in [-0.25, -0.2) is 4.79 Å². The number of para-hydroxylation sites is 1. The average molecular weight is 435 g/mol. The third kappa shape index (κ3) is 4.98. The zero-order valence-electron chi connectivity index (χ0n) is 17.5. The Morgan fingerprint density at radius 2 is 1.87 bits per heavy atom. The van der Waals surface area contributed by atoms with Crippen molar-refractivity contribution in [2.75, 3.05) is 6.61 Å². The zero-order valence-corrected chi connectivity index (χ0v) is 18.3. The van der Waals surface area contributed by atoms with Crippen molar-refractivity contribution in [1.82, 2.24) is 9.88 Å². The summed E-state index contributed by atoms with van der Waals surface area (Å²) in [5.41, 5.74) is 3.46. The number of rotatable bonds is 10. The maximum absolute atomic E-state index is 11.3. The minimum atomic E-state index is -0.892. The van der Waals surface area contributed by atoms with Gasteiger partial charge in [0.2, 0.25) is 0 Å². The zero-order chi connectivity index (χ0) is 21.6. The van der Waals surface area contributed by atoms with Gasteiger partial charge in [0.1, 0.15) is 15.6 Å². The number of carboxylic acid groups (broad SMARTS) is 1. The van der Waals surface area contributed by atoms with E-state index < -0.39 is 5.97 Å². The van der Waals surface area contributed by atoms with Crippen LogP contribution in [0.25, 0.3) is 15.9 Å². The van der Waals surface area contributed by atoms with Gasteiger partial charge in [-0.2, -0.15) is 0 Å². The summed E-state index contributed by atoms with van der Waals surface area (Å²) in [5, 5.41) is 14.8. The average Bonchev–Trinajstić information content (AvgIpc) is 3.41. The van der Waals surface area contributed by atoms with Gasteiger partial charge in [0, 0.05) is 24.7 Å². The summed E-state index contributed by atoms with van der Waals surface area (Å²) in [5.74, 6) is 0.0216. The number of carbonyl (C=O) groups is 1. The summed E-state index contributed by atoms with van der Waals surface area (Å²) in [7, 11) is 0. The van der Waals surface area contributed by atoms with E-state index in [2.05, 4.69) is 47.3 Å². The first-order valence-electron chi connectivity index (χ1n) is 10.5. The number of fused-ring (bicyclic) bond motifs is 1. The van der Waals surface area contributed by atoms with Crippen LogP contribution >= 0.6 is 11.3 Å². The van der Waals surface area contributed by atoms with Gasteiger partial charge in [-0.1, -0.05) is 43.7 Å². The maximum Gasteiger partial charge on any atom is 0.345 e. The Hall–Kier alpha value is -3.09. The molecule has 5 nitrogen and oxygen atoms in total. The van der Waals surface area contributed by atoms with E-state index >= 15 is 0 Å². The number of nitrogens with zero attached hydrogens (tertiary/aromatic N) is 1. The van der Waals surface area contributed by atoms with Crippen LogP contribution in [0.3, 0.4) is 0 Å². The highest BCUT2D eigenvalue weighted by Crippen LogP contribution is 2.29. The first-order valence-corrected chi connectivity index (χ1v) is 11.3. The monoisotopic (exact) mass is 434 g/mol. The van der Waals surface area contributed by atoms with Gasteiger partial charge in [-0.3, -0.25) is 0 Å². The number of hydrogen-bond donors (Lipinski definition) is 2. The molecule has 2 aromatic heterocycles. The number of carboxylic acids is 1. The molecular weight excluding hydrogens is 408 g/mol. The van der Waals surface area contributed by atoms with Crippen molar-refractivity contribution in [2.24, 2.45) is 0 Å². The molecule has 0 aliphatic heterocycles. The number of hydrogen-bond acceptors (Lipinski definition) is 4. The molecule has 4 rings (SSSR count). The van der Waals surface area contributed by atoms with Crippen LogP contribution in [-0.2, 0) is 13.1 Å². The van der Waals surface area contributed by atoms with Gasteiger partial charge < -0.3 is 19.7 Å². The van der Waals surface area contributed by atoms with E-state index in [-0.39, 0.29) is 0 Å². The molecule has 0 aliphatic carbocycles. The van der Waals surface area contributed by atoms with Crippen LogP contribution in [0.4, 0.5) is 0 Å². The molecule has 2 N–H and O–H groups in total. The fourth-order valence-electron chi connectivity index (χ4n) is 3.52. The van der Waals surface area contributed by atoms with E-state index in [0.29, 0.717) is 4.88 Å². The molecule has 6 heteroatoms. The van der Waals surface area contributed by atoms with Crippen LogP contribution in [0.5, 0.6) is 5.75 Å². The molecule has 0 aliphatic rings. The Bertz CT molecular complexity index is 1160. The van der Waals surface area contributed by atoms with E-state index in [1.807, 2.05) is 30.3 Å².